The molecule has 6 nitrogen and oxygen atoms in total. The smallest absolute Gasteiger partial charge is 0.254 e. The summed E-state index contributed by atoms with van der Waals surface area (Å²) in [5.41, 5.74) is 5.62. The lowest BCUT2D eigenvalue weighted by atomic mass is 9.82. The molecule has 2 saturated heterocycles. The highest BCUT2D eigenvalue weighted by Crippen LogP contribution is 2.35. The van der Waals surface area contributed by atoms with Gasteiger partial charge in [0.05, 0.1) is 24.8 Å². The number of aromatic nitrogens is 1. The number of piperidine rings is 1. The first kappa shape index (κ1) is 27.0. The third kappa shape index (κ3) is 5.70. The van der Waals surface area contributed by atoms with Crippen LogP contribution in [0.2, 0.25) is 0 Å². The van der Waals surface area contributed by atoms with Crippen molar-refractivity contribution in [3.05, 3.63) is 46.6 Å². The molecule has 5 rings (SSSR count). The molecule has 0 bridgehead atoms. The van der Waals surface area contributed by atoms with Gasteiger partial charge in [-0.1, -0.05) is 46.1 Å². The molecule has 1 aromatic carbocycles. The number of amides is 2. The lowest BCUT2D eigenvalue weighted by molar-refractivity contribution is -0.00347. The van der Waals surface area contributed by atoms with E-state index in [2.05, 4.69) is 55.8 Å². The molecule has 1 aliphatic carbocycles. The maximum Gasteiger partial charge on any atom is 0.254 e. The van der Waals surface area contributed by atoms with Crippen molar-refractivity contribution in [1.29, 1.82) is 0 Å². The third-order valence-electron chi connectivity index (χ3n) is 8.75. The van der Waals surface area contributed by atoms with Crippen molar-refractivity contribution in [1.82, 2.24) is 14.8 Å². The minimum absolute atomic E-state index is 0.0209. The van der Waals surface area contributed by atoms with Crippen LogP contribution >= 0.6 is 0 Å². The maximum absolute atomic E-state index is 13.6. The molecule has 206 valence electrons. The number of ether oxygens (including phenoxy) is 1. The number of hydrogen-bond donors (Lipinski definition) is 1. The first-order valence-corrected chi connectivity index (χ1v) is 14.8. The minimum Gasteiger partial charge on any atom is -0.377 e. The van der Waals surface area contributed by atoms with E-state index in [-0.39, 0.29) is 23.3 Å². The Morgan fingerprint density at radius 1 is 0.947 bits per heavy atom. The summed E-state index contributed by atoms with van der Waals surface area (Å²) < 4.78 is 7.64. The lowest BCUT2D eigenvalue weighted by Crippen LogP contribution is -2.48. The van der Waals surface area contributed by atoms with Crippen LogP contribution in [0.15, 0.2) is 24.3 Å². The third-order valence-corrected chi connectivity index (χ3v) is 8.75. The highest BCUT2D eigenvalue weighted by atomic mass is 16.5. The average molecular weight is 520 g/mol. The quantitative estimate of drug-likeness (QED) is 0.502. The van der Waals surface area contributed by atoms with Crippen molar-refractivity contribution in [3.63, 3.8) is 0 Å². The maximum atomic E-state index is 13.6. The van der Waals surface area contributed by atoms with Gasteiger partial charge >= 0.3 is 0 Å². The molecule has 1 aromatic heterocycles. The Balaban J connectivity index is 1.53. The van der Waals surface area contributed by atoms with Gasteiger partial charge in [-0.15, -0.1) is 0 Å². The Morgan fingerprint density at radius 2 is 1.63 bits per heavy atom. The van der Waals surface area contributed by atoms with Gasteiger partial charge in [0.1, 0.15) is 0 Å². The summed E-state index contributed by atoms with van der Waals surface area (Å²) in [6.45, 7) is 12.4. The number of likely N-dealkylation sites (tertiary alicyclic amines) is 1. The molecule has 1 N–H and O–H groups in total. The van der Waals surface area contributed by atoms with Gasteiger partial charge in [0.15, 0.2) is 0 Å². The van der Waals surface area contributed by atoms with Crippen LogP contribution in [-0.4, -0.2) is 53.6 Å². The van der Waals surface area contributed by atoms with Crippen LogP contribution in [-0.2, 0) is 16.7 Å². The van der Waals surface area contributed by atoms with E-state index >= 15 is 0 Å². The Morgan fingerprint density at radius 3 is 2.26 bits per heavy atom. The molecular weight excluding hydrogens is 474 g/mol. The lowest BCUT2D eigenvalue weighted by Gasteiger charge is -2.30. The Bertz CT molecular complexity index is 1160. The van der Waals surface area contributed by atoms with E-state index in [1.54, 1.807) is 0 Å². The fourth-order valence-corrected chi connectivity index (χ4v) is 6.34. The molecule has 38 heavy (non-hydrogen) atoms. The second-order valence-electron chi connectivity index (χ2n) is 12.7. The average Bonchev–Trinajstić information content (AvgIpc) is 3.21. The van der Waals surface area contributed by atoms with Crippen molar-refractivity contribution in [2.24, 2.45) is 5.92 Å². The number of hydrogen-bond acceptors (Lipinski definition) is 3. The second kappa shape index (κ2) is 11.3. The molecule has 3 fully saturated rings. The SMILES string of the molecule is Cc1c(C(=O)NC2COC2)cc(-c2ccc(C(=O)N3CCCCC3)c(C(C)(C)C)c2)n1CC1CCCCC1. The molecule has 0 atom stereocenters. The van der Waals surface area contributed by atoms with E-state index in [1.165, 1.54) is 38.5 Å². The van der Waals surface area contributed by atoms with Crippen LogP contribution in [0, 0.1) is 12.8 Å². The largest absolute Gasteiger partial charge is 0.377 e. The summed E-state index contributed by atoms with van der Waals surface area (Å²) in [5.74, 6) is 0.761. The van der Waals surface area contributed by atoms with Gasteiger partial charge in [0.25, 0.3) is 11.8 Å². The van der Waals surface area contributed by atoms with Crippen LogP contribution in [0.1, 0.15) is 104 Å². The van der Waals surface area contributed by atoms with Gasteiger partial charge in [-0.2, -0.15) is 0 Å². The second-order valence-corrected chi connectivity index (χ2v) is 12.7. The Hall–Kier alpha value is -2.60. The van der Waals surface area contributed by atoms with Crippen molar-refractivity contribution in [2.75, 3.05) is 26.3 Å². The summed E-state index contributed by atoms with van der Waals surface area (Å²) in [4.78, 5) is 28.9. The standard InChI is InChI=1S/C32H45N3O3/c1-22-27(30(36)33-25-20-38-21-25)18-29(35(22)19-23-11-7-5-8-12-23)24-13-14-26(28(17-24)32(2,3)4)31(37)34-15-9-6-10-16-34/h13-14,17-18,23,25H,5-12,15-16,19-21H2,1-4H3,(H,33,36). The molecule has 3 heterocycles. The zero-order chi connectivity index (χ0) is 26.9. The number of benzene rings is 1. The molecule has 0 radical (unpaired) electrons. The van der Waals surface area contributed by atoms with Crippen molar-refractivity contribution in [3.8, 4) is 11.3 Å². The van der Waals surface area contributed by atoms with Crippen molar-refractivity contribution < 1.29 is 14.3 Å². The topological polar surface area (TPSA) is 63.6 Å². The molecule has 6 heteroatoms. The van der Waals surface area contributed by atoms with Gasteiger partial charge in [0, 0.05) is 36.6 Å². The summed E-state index contributed by atoms with van der Waals surface area (Å²) in [6.07, 6.45) is 9.76. The Kier molecular flexibility index (Phi) is 7.99. The number of rotatable bonds is 6. The molecule has 2 aliphatic heterocycles. The number of carbonyl (C=O) groups is 2. The molecule has 1 saturated carbocycles. The Labute approximate surface area is 228 Å². The van der Waals surface area contributed by atoms with Gasteiger partial charge in [0.2, 0.25) is 0 Å². The molecule has 0 unspecified atom stereocenters. The first-order valence-electron chi connectivity index (χ1n) is 14.8. The summed E-state index contributed by atoms with van der Waals surface area (Å²) in [7, 11) is 0. The normalized spacial score (nSPS) is 19.3. The number of nitrogens with one attached hydrogen (secondary N) is 1. The fourth-order valence-electron chi connectivity index (χ4n) is 6.34. The van der Waals surface area contributed by atoms with Gasteiger partial charge in [-0.25, -0.2) is 0 Å². The van der Waals surface area contributed by atoms with E-state index in [1.807, 2.05) is 11.0 Å². The highest BCUT2D eigenvalue weighted by molar-refractivity contribution is 5.98. The van der Waals surface area contributed by atoms with Crippen molar-refractivity contribution in [2.45, 2.75) is 97.1 Å². The minimum atomic E-state index is -0.183. The van der Waals surface area contributed by atoms with Crippen LogP contribution in [0.25, 0.3) is 11.3 Å². The number of carbonyl (C=O) groups excluding carboxylic acids is 2. The van der Waals surface area contributed by atoms with Crippen molar-refractivity contribution >= 4 is 11.8 Å². The van der Waals surface area contributed by atoms with Crippen LogP contribution in [0.4, 0.5) is 0 Å². The summed E-state index contributed by atoms with van der Waals surface area (Å²) >= 11 is 0. The van der Waals surface area contributed by atoms with Crippen LogP contribution in [0.3, 0.4) is 0 Å². The first-order chi connectivity index (χ1) is 18.2. The zero-order valence-corrected chi connectivity index (χ0v) is 23.8. The number of nitrogens with zero attached hydrogens (tertiary/aromatic N) is 2. The van der Waals surface area contributed by atoms with E-state index in [9.17, 15) is 9.59 Å². The van der Waals surface area contributed by atoms with E-state index in [0.717, 1.165) is 66.1 Å². The molecule has 3 aliphatic rings. The summed E-state index contributed by atoms with van der Waals surface area (Å²) in [5, 5.41) is 3.14. The van der Waals surface area contributed by atoms with E-state index in [4.69, 9.17) is 4.74 Å². The van der Waals surface area contributed by atoms with Crippen LogP contribution in [0.5, 0.6) is 0 Å². The summed E-state index contributed by atoms with van der Waals surface area (Å²) in [6, 6.07) is 8.51. The van der Waals surface area contributed by atoms with Crippen LogP contribution < -0.4 is 5.32 Å². The predicted molar refractivity (Wildman–Crippen MR) is 152 cm³/mol. The van der Waals surface area contributed by atoms with Gasteiger partial charge < -0.3 is 19.5 Å². The van der Waals surface area contributed by atoms with E-state index < -0.39 is 0 Å². The van der Waals surface area contributed by atoms with E-state index in [0.29, 0.717) is 19.1 Å². The van der Waals surface area contributed by atoms with Gasteiger partial charge in [-0.3, -0.25) is 9.59 Å². The fraction of sp³-hybridized carbons (Fsp3) is 0.625. The molecule has 0 spiro atoms. The zero-order valence-electron chi connectivity index (χ0n) is 23.8. The monoisotopic (exact) mass is 519 g/mol. The molecule has 2 aromatic rings. The van der Waals surface area contributed by atoms with Gasteiger partial charge in [-0.05, 0) is 79.7 Å². The highest BCUT2D eigenvalue weighted by Gasteiger charge is 2.29. The molecule has 2 amide bonds. The predicted octanol–water partition coefficient (Wildman–Crippen LogP) is 6.10. The molecular formula is C32H45N3O3.